The van der Waals surface area contributed by atoms with Crippen molar-refractivity contribution in [2.75, 3.05) is 190 Å². The van der Waals surface area contributed by atoms with E-state index in [1.807, 2.05) is 39.2 Å². The molecule has 3 aliphatic rings. The van der Waals surface area contributed by atoms with Gasteiger partial charge in [-0.2, -0.15) is 0 Å². The molecule has 3 saturated heterocycles. The minimum absolute atomic E-state index is 0.0259. The molecule has 0 aromatic carbocycles. The lowest BCUT2D eigenvalue weighted by molar-refractivity contribution is -0.196. The summed E-state index contributed by atoms with van der Waals surface area (Å²) in [5.41, 5.74) is -3.69. The van der Waals surface area contributed by atoms with E-state index in [9.17, 15) is 48.3 Å². The number of nitrogens with zero attached hydrogens (tertiary/aromatic N) is 10. The molecule has 3 aliphatic heterocycles. The lowest BCUT2D eigenvalue weighted by Gasteiger charge is -2.35. The Kier molecular flexibility index (Phi) is 30.8. The number of ether oxygens (including phenoxy) is 7. The Hall–Kier alpha value is -5.13. The zero-order valence-electron chi connectivity index (χ0n) is 57.3. The fourth-order valence-electron chi connectivity index (χ4n) is 10.1. The van der Waals surface area contributed by atoms with Gasteiger partial charge in [-0.25, -0.2) is 0 Å². The summed E-state index contributed by atoms with van der Waals surface area (Å²) < 4.78 is 39.1. The molecule has 0 bridgehead atoms. The minimum atomic E-state index is -1.74. The van der Waals surface area contributed by atoms with E-state index < -0.39 is 81.5 Å². The first kappa shape index (κ1) is 78.1. The molecule has 0 aromatic rings. The molecule has 3 fully saturated rings. The van der Waals surface area contributed by atoms with E-state index in [2.05, 4.69) is 0 Å². The molecule has 0 aromatic heterocycles. The van der Waals surface area contributed by atoms with Gasteiger partial charge in [0.15, 0.2) is 0 Å². The summed E-state index contributed by atoms with van der Waals surface area (Å²) in [6, 6.07) is 0. The van der Waals surface area contributed by atoms with Crippen molar-refractivity contribution in [3.8, 4) is 0 Å². The third-order valence-electron chi connectivity index (χ3n) is 13.9. The maximum absolute atomic E-state index is 14.8. The summed E-state index contributed by atoms with van der Waals surface area (Å²) in [5, 5.41) is 10.3. The molecule has 3 rings (SSSR count). The molecule has 2 amide bonds. The van der Waals surface area contributed by atoms with Crippen molar-refractivity contribution in [3.63, 3.8) is 0 Å². The van der Waals surface area contributed by atoms with Crippen molar-refractivity contribution in [1.82, 2.24) is 49.0 Å². The van der Waals surface area contributed by atoms with Crippen LogP contribution in [0.1, 0.15) is 118 Å². The van der Waals surface area contributed by atoms with E-state index in [-0.39, 0.29) is 117 Å². The highest BCUT2D eigenvalue weighted by Gasteiger charge is 2.36. The predicted octanol–water partition coefficient (Wildman–Crippen LogP) is 0.870. The second-order valence-corrected chi connectivity index (χ2v) is 29.0. The van der Waals surface area contributed by atoms with Crippen LogP contribution in [0.25, 0.3) is 0 Å². The van der Waals surface area contributed by atoms with Crippen LogP contribution in [-0.2, 0) is 76.3 Å². The highest BCUT2D eigenvalue weighted by Crippen LogP contribution is 2.18. The maximum Gasteiger partial charge on any atom is 0.322 e. The van der Waals surface area contributed by atoms with Gasteiger partial charge < -0.3 is 48.1 Å². The lowest BCUT2D eigenvalue weighted by Crippen LogP contribution is -2.51. The van der Waals surface area contributed by atoms with Crippen molar-refractivity contribution < 1.29 is 81.4 Å². The fourth-order valence-corrected chi connectivity index (χ4v) is 10.1. The van der Waals surface area contributed by atoms with Crippen LogP contribution in [0.4, 0.5) is 0 Å². The Balaban J connectivity index is 1.96. The number of rotatable bonds is 18. The van der Waals surface area contributed by atoms with Gasteiger partial charge in [0.2, 0.25) is 17.6 Å². The summed E-state index contributed by atoms with van der Waals surface area (Å²) in [4.78, 5) is 141. The average molecular weight is 1270 g/mol. The first-order chi connectivity index (χ1) is 40.9. The quantitative estimate of drug-likeness (QED) is 0.113. The number of esters is 7. The molecule has 1 unspecified atom stereocenters. The zero-order valence-corrected chi connectivity index (χ0v) is 57.3. The maximum atomic E-state index is 14.8. The van der Waals surface area contributed by atoms with Gasteiger partial charge in [0, 0.05) is 145 Å². The fraction of sp³-hybridized carbons (Fsp3) is 0.855. The molecular formula is C62H112N10O17. The van der Waals surface area contributed by atoms with Crippen molar-refractivity contribution in [2.24, 2.45) is 5.92 Å². The largest absolute Gasteiger partial charge is 0.469 e. The Morgan fingerprint density at radius 1 is 0.303 bits per heavy atom. The average Bonchev–Trinajstić information content (AvgIpc) is 2.16. The van der Waals surface area contributed by atoms with E-state index >= 15 is 0 Å². The topological polar surface area (TPSA) is 271 Å². The van der Waals surface area contributed by atoms with Crippen LogP contribution in [0.5, 0.6) is 0 Å². The van der Waals surface area contributed by atoms with Gasteiger partial charge in [0.05, 0.1) is 65.4 Å². The zero-order chi connectivity index (χ0) is 67.3. The molecule has 27 heteroatoms. The van der Waals surface area contributed by atoms with E-state index in [4.69, 9.17) is 33.2 Å². The first-order valence-corrected chi connectivity index (χ1v) is 31.4. The molecular weight excluding hydrogens is 1160 g/mol. The highest BCUT2D eigenvalue weighted by molar-refractivity contribution is 5.82. The Bertz CT molecular complexity index is 2080. The number of carbonyl (C=O) groups excluding carboxylic acids is 9. The summed E-state index contributed by atoms with van der Waals surface area (Å²) in [6.07, 6.45) is 0. The molecule has 89 heavy (non-hydrogen) atoms. The van der Waals surface area contributed by atoms with Crippen molar-refractivity contribution >= 4 is 53.6 Å². The molecule has 3 heterocycles. The monoisotopic (exact) mass is 1270 g/mol. The van der Waals surface area contributed by atoms with Gasteiger partial charge in [-0.15, -0.1) is 0 Å². The van der Waals surface area contributed by atoms with Gasteiger partial charge in [-0.3, -0.25) is 82.4 Å². The number of amides is 2. The van der Waals surface area contributed by atoms with Crippen molar-refractivity contribution in [1.29, 1.82) is 0 Å². The van der Waals surface area contributed by atoms with Crippen molar-refractivity contribution in [3.05, 3.63) is 0 Å². The van der Waals surface area contributed by atoms with E-state index in [1.165, 1.54) is 21.0 Å². The van der Waals surface area contributed by atoms with Crippen LogP contribution in [0.3, 0.4) is 0 Å². The predicted molar refractivity (Wildman–Crippen MR) is 332 cm³/mol. The standard InChI is InChI=1S/C62H112N10O17/c1-57(2,3)84-50(75)41-65-23-19-63(20-24-66(42-51(76)85-58(4,5)6)28-31-68(30-27-65)44-53(78)87-60(10,11)12)39-48(73)71-35-36-72(38-47(37-71)56(81)83-18)49(74)40-64-21-25-67(43-52(77)86-59(7,8)9)29-32-69(45-54(79)88-61(13,14)15)33-34-70(26-22-64)46-55(80)89-62(16,17)82/h47,82H,19-46H2,1-18H3. The summed E-state index contributed by atoms with van der Waals surface area (Å²) in [6.45, 7) is 33.8. The van der Waals surface area contributed by atoms with E-state index in [0.29, 0.717) is 78.5 Å². The van der Waals surface area contributed by atoms with E-state index in [0.717, 1.165) is 0 Å². The Morgan fingerprint density at radius 2 is 0.483 bits per heavy atom. The van der Waals surface area contributed by atoms with Crippen molar-refractivity contribution in [2.45, 2.75) is 151 Å². The lowest BCUT2D eigenvalue weighted by atomic mass is 10.1. The molecule has 512 valence electrons. The SMILES string of the molecule is COC(=O)C1CN(C(=O)CN2CCN(CC(=O)OC(C)(C)C)CCN(CC(=O)OC(C)(C)C)CCN(CC(=O)OC(C)(C)C)CC2)CCN(C(=O)CN2CCN(CC(=O)OC(C)(C)C)CCN(CC(=O)OC(C)(C)C)CCN(CC(=O)OC(C)(C)O)CC2)C1. The summed E-state index contributed by atoms with van der Waals surface area (Å²) in [5.74, 6) is -6.78. The number of carbonyl (C=O) groups is 9. The van der Waals surface area contributed by atoms with Crippen LogP contribution in [0.15, 0.2) is 0 Å². The van der Waals surface area contributed by atoms with Gasteiger partial charge in [-0.1, -0.05) is 0 Å². The first-order valence-electron chi connectivity index (χ1n) is 31.4. The van der Waals surface area contributed by atoms with Gasteiger partial charge in [0.1, 0.15) is 28.0 Å². The van der Waals surface area contributed by atoms with Crippen LogP contribution in [0.2, 0.25) is 0 Å². The Morgan fingerprint density at radius 3 is 0.652 bits per heavy atom. The van der Waals surface area contributed by atoms with Crippen LogP contribution >= 0.6 is 0 Å². The summed E-state index contributed by atoms with van der Waals surface area (Å²) >= 11 is 0. The van der Waals surface area contributed by atoms with Gasteiger partial charge in [-0.05, 0) is 104 Å². The van der Waals surface area contributed by atoms with E-state index in [1.54, 1.807) is 114 Å². The number of aliphatic hydroxyl groups is 1. The van der Waals surface area contributed by atoms with Crippen LogP contribution in [0, 0.1) is 5.92 Å². The Labute approximate surface area is 530 Å². The molecule has 0 aliphatic carbocycles. The molecule has 1 N–H and O–H groups in total. The second kappa shape index (κ2) is 35.1. The minimum Gasteiger partial charge on any atom is -0.469 e. The normalized spacial score (nSPS) is 19.9. The van der Waals surface area contributed by atoms with Crippen LogP contribution < -0.4 is 0 Å². The third kappa shape index (κ3) is 35.3. The van der Waals surface area contributed by atoms with Crippen LogP contribution in [-0.4, -0.2) is 332 Å². The van der Waals surface area contributed by atoms with Gasteiger partial charge in [0.25, 0.3) is 0 Å². The second-order valence-electron chi connectivity index (χ2n) is 29.0. The highest BCUT2D eigenvalue weighted by atomic mass is 16.7. The molecule has 0 radical (unpaired) electrons. The third-order valence-corrected chi connectivity index (χ3v) is 13.9. The molecule has 0 saturated carbocycles. The number of hydrogen-bond donors (Lipinski definition) is 1. The number of hydrogen-bond acceptors (Lipinski definition) is 25. The molecule has 27 nitrogen and oxygen atoms in total. The molecule has 1 atom stereocenters. The van der Waals surface area contributed by atoms with Gasteiger partial charge >= 0.3 is 41.8 Å². The smallest absolute Gasteiger partial charge is 0.322 e. The number of methoxy groups -OCH3 is 1. The molecule has 0 spiro atoms. The summed E-state index contributed by atoms with van der Waals surface area (Å²) in [7, 11) is 1.25.